The van der Waals surface area contributed by atoms with Crippen molar-refractivity contribution in [2.45, 2.75) is 16.6 Å². The predicted octanol–water partition coefficient (Wildman–Crippen LogP) is 1.80. The van der Waals surface area contributed by atoms with Crippen molar-refractivity contribution in [1.82, 2.24) is 18.8 Å². The second-order valence-corrected chi connectivity index (χ2v) is 10.3. The van der Waals surface area contributed by atoms with Gasteiger partial charge in [0.15, 0.2) is 5.16 Å². The smallest absolute Gasteiger partial charge is 0.267 e. The van der Waals surface area contributed by atoms with Crippen molar-refractivity contribution in [3.8, 4) is 0 Å². The highest BCUT2D eigenvalue weighted by molar-refractivity contribution is 7.99. The monoisotopic (exact) mass is 474 g/mol. The third kappa shape index (κ3) is 3.68. The Kier molecular flexibility index (Phi) is 5.64. The molecule has 0 unspecified atom stereocenters. The van der Waals surface area contributed by atoms with Crippen LogP contribution >= 0.6 is 35.0 Å². The highest BCUT2D eigenvalue weighted by Crippen LogP contribution is 2.32. The van der Waals surface area contributed by atoms with Crippen LogP contribution in [0.1, 0.15) is 10.4 Å². The van der Waals surface area contributed by atoms with Crippen LogP contribution < -0.4 is 5.56 Å². The Hall–Kier alpha value is -1.59. The second-order valence-electron chi connectivity index (χ2n) is 6.51. The molecule has 1 aromatic carbocycles. The van der Waals surface area contributed by atoms with E-state index in [2.05, 4.69) is 4.98 Å². The SMILES string of the molecule is O=C(c1cnc2n(c1=O)CCS2)N1CCN(S(=O)(=O)c2c(Cl)cccc2Cl)CC1. The minimum Gasteiger partial charge on any atom is -0.336 e. The Morgan fingerprint density at radius 1 is 1.07 bits per heavy atom. The first-order valence-corrected chi connectivity index (χ1v) is 11.9. The minimum absolute atomic E-state index is 0.00158. The van der Waals surface area contributed by atoms with Crippen LogP contribution in [0.25, 0.3) is 0 Å². The number of hydrogen-bond acceptors (Lipinski definition) is 6. The quantitative estimate of drug-likeness (QED) is 0.629. The normalized spacial score (nSPS) is 17.4. The molecule has 0 radical (unpaired) electrons. The van der Waals surface area contributed by atoms with E-state index >= 15 is 0 Å². The summed E-state index contributed by atoms with van der Waals surface area (Å²) in [4.78, 5) is 30.9. The first-order chi connectivity index (χ1) is 13.8. The standard InChI is InChI=1S/C17H16Cl2N4O4S2/c18-12-2-1-3-13(19)14(12)29(26,27)22-6-4-21(5-7-22)15(24)11-10-20-17-23(16(11)25)8-9-28-17/h1-3,10H,4-9H2. The Bertz CT molecular complexity index is 1120. The van der Waals surface area contributed by atoms with Crippen LogP contribution in [0.15, 0.2) is 39.2 Å². The van der Waals surface area contributed by atoms with Gasteiger partial charge in [0.1, 0.15) is 10.5 Å². The van der Waals surface area contributed by atoms with Crippen LogP contribution in [0.5, 0.6) is 0 Å². The molecule has 0 N–H and O–H groups in total. The molecule has 0 atom stereocenters. The molecule has 3 heterocycles. The van der Waals surface area contributed by atoms with E-state index in [-0.39, 0.29) is 52.2 Å². The molecule has 0 saturated carbocycles. The number of sulfonamides is 1. The largest absolute Gasteiger partial charge is 0.336 e. The van der Waals surface area contributed by atoms with E-state index in [4.69, 9.17) is 23.2 Å². The summed E-state index contributed by atoms with van der Waals surface area (Å²) in [5, 5.41) is 0.705. The van der Waals surface area contributed by atoms with Crippen molar-refractivity contribution in [3.63, 3.8) is 0 Å². The van der Waals surface area contributed by atoms with Crippen molar-refractivity contribution in [2.75, 3.05) is 31.9 Å². The molecule has 12 heteroatoms. The molecule has 0 bridgehead atoms. The van der Waals surface area contributed by atoms with Gasteiger partial charge in [-0.1, -0.05) is 41.0 Å². The molecule has 1 amide bonds. The molecule has 0 spiro atoms. The summed E-state index contributed by atoms with van der Waals surface area (Å²) in [6.45, 7) is 0.972. The summed E-state index contributed by atoms with van der Waals surface area (Å²) in [6, 6.07) is 4.50. The number of thioether (sulfide) groups is 1. The predicted molar refractivity (Wildman–Crippen MR) is 110 cm³/mol. The van der Waals surface area contributed by atoms with Gasteiger partial charge in [-0.25, -0.2) is 13.4 Å². The van der Waals surface area contributed by atoms with Gasteiger partial charge in [0.2, 0.25) is 10.0 Å². The Balaban J connectivity index is 1.51. The molecule has 1 fully saturated rings. The van der Waals surface area contributed by atoms with Crippen LogP contribution in [-0.4, -0.2) is 65.0 Å². The summed E-state index contributed by atoms with van der Waals surface area (Å²) in [6.07, 6.45) is 1.31. The summed E-state index contributed by atoms with van der Waals surface area (Å²) in [5.74, 6) is 0.309. The van der Waals surface area contributed by atoms with Crippen molar-refractivity contribution >= 4 is 50.9 Å². The highest BCUT2D eigenvalue weighted by atomic mass is 35.5. The van der Waals surface area contributed by atoms with Crippen LogP contribution in [0.4, 0.5) is 0 Å². The van der Waals surface area contributed by atoms with Crippen LogP contribution in [0.3, 0.4) is 0 Å². The van der Waals surface area contributed by atoms with E-state index in [0.29, 0.717) is 11.7 Å². The number of rotatable bonds is 3. The maximum absolute atomic E-state index is 12.9. The second kappa shape index (κ2) is 7.92. The molecule has 2 aromatic rings. The number of amides is 1. The van der Waals surface area contributed by atoms with E-state index in [1.54, 1.807) is 6.07 Å². The molecule has 2 aliphatic heterocycles. The number of piperazine rings is 1. The number of carbonyl (C=O) groups is 1. The summed E-state index contributed by atoms with van der Waals surface area (Å²) in [5.41, 5.74) is -0.357. The van der Waals surface area contributed by atoms with Gasteiger partial charge in [0, 0.05) is 44.7 Å². The van der Waals surface area contributed by atoms with Crippen molar-refractivity contribution < 1.29 is 13.2 Å². The lowest BCUT2D eigenvalue weighted by atomic mass is 10.2. The lowest BCUT2D eigenvalue weighted by Crippen LogP contribution is -2.51. The zero-order chi connectivity index (χ0) is 20.8. The molecule has 29 heavy (non-hydrogen) atoms. The molecular formula is C17H16Cl2N4O4S2. The topological polar surface area (TPSA) is 92.6 Å². The van der Waals surface area contributed by atoms with Gasteiger partial charge in [-0.3, -0.25) is 14.2 Å². The highest BCUT2D eigenvalue weighted by Gasteiger charge is 2.34. The zero-order valence-corrected chi connectivity index (χ0v) is 18.2. The van der Waals surface area contributed by atoms with Gasteiger partial charge in [-0.15, -0.1) is 0 Å². The fourth-order valence-corrected chi connectivity index (χ4v) is 6.75. The first-order valence-electron chi connectivity index (χ1n) is 8.77. The van der Waals surface area contributed by atoms with Gasteiger partial charge < -0.3 is 4.90 Å². The summed E-state index contributed by atoms with van der Waals surface area (Å²) in [7, 11) is -3.90. The molecule has 1 saturated heterocycles. The summed E-state index contributed by atoms with van der Waals surface area (Å²) >= 11 is 13.6. The van der Waals surface area contributed by atoms with E-state index < -0.39 is 15.9 Å². The number of carbonyl (C=O) groups excluding carboxylic acids is 1. The molecule has 1 aromatic heterocycles. The Morgan fingerprint density at radius 3 is 2.38 bits per heavy atom. The van der Waals surface area contributed by atoms with E-state index in [1.165, 1.54) is 43.9 Å². The van der Waals surface area contributed by atoms with Gasteiger partial charge in [-0.05, 0) is 12.1 Å². The van der Waals surface area contributed by atoms with Crippen LogP contribution in [0.2, 0.25) is 10.0 Å². The Morgan fingerprint density at radius 2 is 1.72 bits per heavy atom. The molecule has 8 nitrogen and oxygen atoms in total. The first kappa shape index (κ1) is 20.7. The average molecular weight is 475 g/mol. The number of fused-ring (bicyclic) bond motifs is 1. The number of aromatic nitrogens is 2. The van der Waals surface area contributed by atoms with Gasteiger partial charge >= 0.3 is 0 Å². The molecule has 2 aliphatic rings. The zero-order valence-electron chi connectivity index (χ0n) is 15.0. The molecular weight excluding hydrogens is 459 g/mol. The minimum atomic E-state index is -3.90. The maximum Gasteiger partial charge on any atom is 0.267 e. The van der Waals surface area contributed by atoms with Crippen molar-refractivity contribution in [2.24, 2.45) is 0 Å². The third-order valence-electron chi connectivity index (χ3n) is 4.83. The molecule has 0 aliphatic carbocycles. The Labute approximate surface area is 181 Å². The van der Waals surface area contributed by atoms with Crippen LogP contribution in [0, 0.1) is 0 Å². The number of hydrogen-bond donors (Lipinski definition) is 0. The van der Waals surface area contributed by atoms with E-state index in [0.717, 1.165) is 5.75 Å². The van der Waals surface area contributed by atoms with Gasteiger partial charge in [0.25, 0.3) is 11.5 Å². The molecule has 154 valence electrons. The van der Waals surface area contributed by atoms with Gasteiger partial charge in [0.05, 0.1) is 10.0 Å². The van der Waals surface area contributed by atoms with Crippen LogP contribution in [-0.2, 0) is 16.6 Å². The van der Waals surface area contributed by atoms with E-state index in [1.807, 2.05) is 0 Å². The fraction of sp³-hybridized carbons (Fsp3) is 0.353. The van der Waals surface area contributed by atoms with E-state index in [9.17, 15) is 18.0 Å². The lowest BCUT2D eigenvalue weighted by molar-refractivity contribution is 0.0694. The average Bonchev–Trinajstić information content (AvgIpc) is 3.17. The molecule has 4 rings (SSSR count). The summed E-state index contributed by atoms with van der Waals surface area (Å²) < 4.78 is 28.6. The number of benzene rings is 1. The van der Waals surface area contributed by atoms with Crippen molar-refractivity contribution in [3.05, 3.63) is 50.4 Å². The lowest BCUT2D eigenvalue weighted by Gasteiger charge is -2.34. The maximum atomic E-state index is 12.9. The number of halogens is 2. The fourth-order valence-electron chi connectivity index (χ4n) is 3.32. The van der Waals surface area contributed by atoms with Crippen molar-refractivity contribution in [1.29, 1.82) is 0 Å². The number of nitrogens with zero attached hydrogens (tertiary/aromatic N) is 4. The van der Waals surface area contributed by atoms with Gasteiger partial charge in [-0.2, -0.15) is 4.31 Å². The third-order valence-corrected chi connectivity index (χ3v) is 8.66.